The molecule has 2 aromatic carbocycles. The summed E-state index contributed by atoms with van der Waals surface area (Å²) in [5, 5.41) is 0. The minimum atomic E-state index is -0.0501. The Morgan fingerprint density at radius 2 is 1.96 bits per heavy atom. The van der Waals surface area contributed by atoms with Crippen molar-refractivity contribution in [1.82, 2.24) is 9.55 Å². The molecule has 2 N–H and O–H groups in total. The van der Waals surface area contributed by atoms with E-state index < -0.39 is 0 Å². The van der Waals surface area contributed by atoms with Gasteiger partial charge in [-0.2, -0.15) is 0 Å². The second-order valence-corrected chi connectivity index (χ2v) is 5.52. The lowest BCUT2D eigenvalue weighted by molar-refractivity contribution is 0.0993. The number of imidazole rings is 1. The number of nitrogens with zero attached hydrogens (tertiary/aromatic N) is 3. The lowest BCUT2D eigenvalue weighted by Gasteiger charge is -2.17. The molecule has 3 rings (SSSR count). The third-order valence-electron chi connectivity index (χ3n) is 3.92. The standard InChI is InChI=1S/C18H20N4O/c1-3-11-22-16-10-9-14(12-15(16)20-18(22)19)21(2)17(23)13-7-5-4-6-8-13/h4-10,12H,3,11H2,1-2H3,(H2,19,20). The van der Waals surface area contributed by atoms with Gasteiger partial charge in [0.25, 0.3) is 5.91 Å². The van der Waals surface area contributed by atoms with E-state index in [2.05, 4.69) is 11.9 Å². The molecule has 0 saturated heterocycles. The highest BCUT2D eigenvalue weighted by Crippen LogP contribution is 2.24. The average Bonchev–Trinajstić information content (AvgIpc) is 2.89. The molecule has 5 heteroatoms. The number of rotatable bonds is 4. The van der Waals surface area contributed by atoms with E-state index in [0.717, 1.165) is 29.7 Å². The average molecular weight is 308 g/mol. The van der Waals surface area contributed by atoms with Crippen molar-refractivity contribution >= 4 is 28.6 Å². The van der Waals surface area contributed by atoms with Gasteiger partial charge in [-0.25, -0.2) is 4.98 Å². The van der Waals surface area contributed by atoms with E-state index in [0.29, 0.717) is 11.5 Å². The lowest BCUT2D eigenvalue weighted by Crippen LogP contribution is -2.26. The van der Waals surface area contributed by atoms with Gasteiger partial charge >= 0.3 is 0 Å². The van der Waals surface area contributed by atoms with Crippen molar-refractivity contribution in [1.29, 1.82) is 0 Å². The van der Waals surface area contributed by atoms with Crippen molar-refractivity contribution in [3.63, 3.8) is 0 Å². The highest BCUT2D eigenvalue weighted by atomic mass is 16.2. The summed E-state index contributed by atoms with van der Waals surface area (Å²) in [7, 11) is 1.77. The van der Waals surface area contributed by atoms with Gasteiger partial charge in [-0.15, -0.1) is 0 Å². The molecular formula is C18H20N4O. The molecule has 1 amide bonds. The Morgan fingerprint density at radius 1 is 1.22 bits per heavy atom. The van der Waals surface area contributed by atoms with Crippen LogP contribution in [0.1, 0.15) is 23.7 Å². The summed E-state index contributed by atoms with van der Waals surface area (Å²) in [6.07, 6.45) is 0.990. The predicted molar refractivity (Wildman–Crippen MR) is 93.6 cm³/mol. The predicted octanol–water partition coefficient (Wildman–Crippen LogP) is 3.31. The van der Waals surface area contributed by atoms with Crippen LogP contribution >= 0.6 is 0 Å². The number of fused-ring (bicyclic) bond motifs is 1. The van der Waals surface area contributed by atoms with E-state index in [-0.39, 0.29) is 5.91 Å². The van der Waals surface area contributed by atoms with Crippen molar-refractivity contribution in [3.8, 4) is 0 Å². The summed E-state index contributed by atoms with van der Waals surface area (Å²) < 4.78 is 2.00. The van der Waals surface area contributed by atoms with Gasteiger partial charge in [-0.1, -0.05) is 25.1 Å². The number of nitrogen functional groups attached to an aromatic ring is 1. The van der Waals surface area contributed by atoms with Crippen molar-refractivity contribution in [2.24, 2.45) is 0 Å². The first-order chi connectivity index (χ1) is 11.1. The molecule has 3 aromatic rings. The summed E-state index contributed by atoms with van der Waals surface area (Å²) in [5.74, 6) is 0.460. The lowest BCUT2D eigenvalue weighted by atomic mass is 10.2. The van der Waals surface area contributed by atoms with Crippen LogP contribution in [0, 0.1) is 0 Å². The number of amides is 1. The van der Waals surface area contributed by atoms with E-state index in [9.17, 15) is 4.79 Å². The van der Waals surface area contributed by atoms with Gasteiger partial charge in [0, 0.05) is 24.8 Å². The molecule has 0 aliphatic heterocycles. The second kappa shape index (κ2) is 6.12. The monoisotopic (exact) mass is 308 g/mol. The fraction of sp³-hybridized carbons (Fsp3) is 0.222. The van der Waals surface area contributed by atoms with Crippen molar-refractivity contribution in [3.05, 3.63) is 54.1 Å². The number of anilines is 2. The Morgan fingerprint density at radius 3 is 2.65 bits per heavy atom. The first-order valence-corrected chi connectivity index (χ1v) is 7.70. The maximum atomic E-state index is 12.5. The normalized spacial score (nSPS) is 10.9. The van der Waals surface area contributed by atoms with Crippen LogP contribution in [0.4, 0.5) is 11.6 Å². The minimum Gasteiger partial charge on any atom is -0.369 e. The zero-order valence-electron chi connectivity index (χ0n) is 13.4. The first kappa shape index (κ1) is 15.1. The van der Waals surface area contributed by atoms with Crippen LogP contribution in [0.5, 0.6) is 0 Å². The molecule has 0 radical (unpaired) electrons. The molecule has 0 fully saturated rings. The Kier molecular flexibility index (Phi) is 4.02. The molecule has 23 heavy (non-hydrogen) atoms. The van der Waals surface area contributed by atoms with E-state index in [1.807, 2.05) is 53.1 Å². The van der Waals surface area contributed by atoms with E-state index in [1.165, 1.54) is 0 Å². The molecule has 0 bridgehead atoms. The summed E-state index contributed by atoms with van der Waals surface area (Å²) in [5.41, 5.74) is 9.25. The molecule has 0 unspecified atom stereocenters. The molecule has 0 aliphatic carbocycles. The maximum Gasteiger partial charge on any atom is 0.258 e. The van der Waals surface area contributed by atoms with Crippen molar-refractivity contribution < 1.29 is 4.79 Å². The van der Waals surface area contributed by atoms with Crippen LogP contribution in [0.3, 0.4) is 0 Å². The topological polar surface area (TPSA) is 64.2 Å². The van der Waals surface area contributed by atoms with Crippen LogP contribution in [-0.2, 0) is 6.54 Å². The van der Waals surface area contributed by atoms with Gasteiger partial charge in [-0.05, 0) is 36.8 Å². The zero-order chi connectivity index (χ0) is 16.4. The van der Waals surface area contributed by atoms with Crippen molar-refractivity contribution in [2.45, 2.75) is 19.9 Å². The molecule has 0 spiro atoms. The Labute approximate surface area is 135 Å². The summed E-state index contributed by atoms with van der Waals surface area (Å²) in [6.45, 7) is 2.94. The molecule has 1 aromatic heterocycles. The number of carbonyl (C=O) groups is 1. The zero-order valence-corrected chi connectivity index (χ0v) is 13.4. The number of hydrogen-bond donors (Lipinski definition) is 1. The van der Waals surface area contributed by atoms with E-state index >= 15 is 0 Å². The Balaban J connectivity index is 1.96. The van der Waals surface area contributed by atoms with Crippen molar-refractivity contribution in [2.75, 3.05) is 17.7 Å². The van der Waals surface area contributed by atoms with E-state index in [1.54, 1.807) is 11.9 Å². The van der Waals surface area contributed by atoms with Crippen LogP contribution in [0.2, 0.25) is 0 Å². The van der Waals surface area contributed by atoms with Crippen LogP contribution in [0.25, 0.3) is 11.0 Å². The van der Waals surface area contributed by atoms with Gasteiger partial charge in [-0.3, -0.25) is 4.79 Å². The largest absolute Gasteiger partial charge is 0.369 e. The van der Waals surface area contributed by atoms with Gasteiger partial charge in [0.05, 0.1) is 11.0 Å². The molecule has 118 valence electrons. The van der Waals surface area contributed by atoms with Crippen LogP contribution in [0.15, 0.2) is 48.5 Å². The minimum absolute atomic E-state index is 0.0501. The molecule has 1 heterocycles. The molecule has 0 atom stereocenters. The maximum absolute atomic E-state index is 12.5. The third-order valence-corrected chi connectivity index (χ3v) is 3.92. The molecule has 5 nitrogen and oxygen atoms in total. The van der Waals surface area contributed by atoms with Gasteiger partial charge in [0.2, 0.25) is 5.95 Å². The Hall–Kier alpha value is -2.82. The number of nitrogens with two attached hydrogens (primary N) is 1. The SMILES string of the molecule is CCCn1c(N)nc2cc(N(C)C(=O)c3ccccc3)ccc21. The second-order valence-electron chi connectivity index (χ2n) is 5.52. The third kappa shape index (κ3) is 2.77. The number of carbonyl (C=O) groups excluding carboxylic acids is 1. The van der Waals surface area contributed by atoms with Gasteiger partial charge < -0.3 is 15.2 Å². The fourth-order valence-electron chi connectivity index (χ4n) is 2.70. The first-order valence-electron chi connectivity index (χ1n) is 7.70. The quantitative estimate of drug-likeness (QED) is 0.804. The molecular weight excluding hydrogens is 288 g/mol. The number of benzene rings is 2. The molecule has 0 saturated carbocycles. The number of aromatic nitrogens is 2. The van der Waals surface area contributed by atoms with Crippen LogP contribution in [-0.4, -0.2) is 22.5 Å². The van der Waals surface area contributed by atoms with Gasteiger partial charge in [0.15, 0.2) is 0 Å². The summed E-state index contributed by atoms with van der Waals surface area (Å²) >= 11 is 0. The highest BCUT2D eigenvalue weighted by molar-refractivity contribution is 6.06. The number of hydrogen-bond acceptors (Lipinski definition) is 3. The summed E-state index contributed by atoms with van der Waals surface area (Å²) in [4.78, 5) is 18.6. The Bertz CT molecular complexity index is 839. The van der Waals surface area contributed by atoms with Gasteiger partial charge in [0.1, 0.15) is 0 Å². The smallest absolute Gasteiger partial charge is 0.258 e. The number of aryl methyl sites for hydroxylation is 1. The summed E-state index contributed by atoms with van der Waals surface area (Å²) in [6, 6.07) is 15.0. The van der Waals surface area contributed by atoms with E-state index in [4.69, 9.17) is 5.73 Å². The van der Waals surface area contributed by atoms with Crippen LogP contribution < -0.4 is 10.6 Å². The fourth-order valence-corrected chi connectivity index (χ4v) is 2.70. The highest BCUT2D eigenvalue weighted by Gasteiger charge is 2.15. The molecule has 0 aliphatic rings.